The van der Waals surface area contributed by atoms with Gasteiger partial charge in [-0.3, -0.25) is 4.90 Å². The van der Waals surface area contributed by atoms with Crippen LogP contribution in [0.3, 0.4) is 0 Å². The standard InChI is InChI=1S/C14H24N2S/c1-11(13-7-8-17-10-13)16(2)14-6-4-3-5-12(14)9-15/h7-8,10-12,14H,3-6,9,15H2,1-2H3. The van der Waals surface area contributed by atoms with Crippen LogP contribution in [-0.2, 0) is 0 Å². The third-order valence-electron chi connectivity index (χ3n) is 4.33. The molecule has 1 aliphatic carbocycles. The van der Waals surface area contributed by atoms with E-state index in [2.05, 4.69) is 35.7 Å². The van der Waals surface area contributed by atoms with E-state index in [0.29, 0.717) is 18.0 Å². The predicted octanol–water partition coefficient (Wildman–Crippen LogP) is 3.26. The van der Waals surface area contributed by atoms with Crippen molar-refractivity contribution < 1.29 is 0 Å². The molecule has 96 valence electrons. The van der Waals surface area contributed by atoms with E-state index in [0.717, 1.165) is 6.54 Å². The van der Waals surface area contributed by atoms with Crippen LogP contribution in [0, 0.1) is 5.92 Å². The minimum absolute atomic E-state index is 0.512. The van der Waals surface area contributed by atoms with Crippen molar-refractivity contribution in [3.63, 3.8) is 0 Å². The minimum atomic E-state index is 0.512. The molecule has 1 saturated carbocycles. The van der Waals surface area contributed by atoms with E-state index in [-0.39, 0.29) is 0 Å². The molecule has 0 radical (unpaired) electrons. The lowest BCUT2D eigenvalue weighted by molar-refractivity contribution is 0.0991. The highest BCUT2D eigenvalue weighted by atomic mass is 32.1. The summed E-state index contributed by atoms with van der Waals surface area (Å²) >= 11 is 1.79. The normalized spacial score (nSPS) is 27.3. The van der Waals surface area contributed by atoms with Gasteiger partial charge < -0.3 is 5.73 Å². The van der Waals surface area contributed by atoms with Gasteiger partial charge in [0.25, 0.3) is 0 Å². The third kappa shape index (κ3) is 2.90. The van der Waals surface area contributed by atoms with Gasteiger partial charge in [0.15, 0.2) is 0 Å². The Morgan fingerprint density at radius 1 is 1.47 bits per heavy atom. The van der Waals surface area contributed by atoms with Crippen molar-refractivity contribution in [3.05, 3.63) is 22.4 Å². The molecule has 0 amide bonds. The Balaban J connectivity index is 2.04. The fourth-order valence-corrected chi connectivity index (χ4v) is 3.78. The van der Waals surface area contributed by atoms with Gasteiger partial charge in [-0.15, -0.1) is 0 Å². The van der Waals surface area contributed by atoms with E-state index < -0.39 is 0 Å². The molecule has 1 aliphatic rings. The van der Waals surface area contributed by atoms with Gasteiger partial charge in [0.2, 0.25) is 0 Å². The Morgan fingerprint density at radius 3 is 2.88 bits per heavy atom. The van der Waals surface area contributed by atoms with E-state index in [1.165, 1.54) is 31.2 Å². The number of hydrogen-bond acceptors (Lipinski definition) is 3. The molecule has 0 aromatic carbocycles. The summed E-state index contributed by atoms with van der Waals surface area (Å²) in [5.74, 6) is 0.690. The molecule has 1 heterocycles. The molecular weight excluding hydrogens is 228 g/mol. The molecule has 0 spiro atoms. The first kappa shape index (κ1) is 13.1. The van der Waals surface area contributed by atoms with Crippen molar-refractivity contribution in [2.45, 2.75) is 44.7 Å². The number of nitrogens with zero attached hydrogens (tertiary/aromatic N) is 1. The van der Waals surface area contributed by atoms with E-state index in [1.54, 1.807) is 11.3 Å². The van der Waals surface area contributed by atoms with Crippen molar-refractivity contribution >= 4 is 11.3 Å². The van der Waals surface area contributed by atoms with Crippen LogP contribution in [0.1, 0.15) is 44.2 Å². The predicted molar refractivity (Wildman–Crippen MR) is 75.3 cm³/mol. The van der Waals surface area contributed by atoms with Crippen molar-refractivity contribution in [2.75, 3.05) is 13.6 Å². The van der Waals surface area contributed by atoms with Crippen LogP contribution >= 0.6 is 11.3 Å². The Bertz CT molecular complexity index is 323. The highest BCUT2D eigenvalue weighted by Gasteiger charge is 2.29. The average molecular weight is 252 g/mol. The smallest absolute Gasteiger partial charge is 0.0328 e. The first-order chi connectivity index (χ1) is 8.24. The molecule has 3 unspecified atom stereocenters. The van der Waals surface area contributed by atoms with Gasteiger partial charge >= 0.3 is 0 Å². The van der Waals surface area contributed by atoms with Crippen molar-refractivity contribution in [2.24, 2.45) is 11.7 Å². The second-order valence-corrected chi connectivity index (χ2v) is 6.03. The fraction of sp³-hybridized carbons (Fsp3) is 0.714. The zero-order chi connectivity index (χ0) is 12.3. The summed E-state index contributed by atoms with van der Waals surface area (Å²) in [6.45, 7) is 3.15. The van der Waals surface area contributed by atoms with Crippen LogP contribution < -0.4 is 5.73 Å². The van der Waals surface area contributed by atoms with Gasteiger partial charge in [-0.05, 0) is 61.7 Å². The topological polar surface area (TPSA) is 29.3 Å². The highest BCUT2D eigenvalue weighted by molar-refractivity contribution is 7.07. The van der Waals surface area contributed by atoms with Crippen molar-refractivity contribution in [1.29, 1.82) is 0 Å². The summed E-state index contributed by atoms with van der Waals surface area (Å²) in [5, 5.41) is 4.43. The van der Waals surface area contributed by atoms with Crippen LogP contribution in [0.25, 0.3) is 0 Å². The molecule has 0 bridgehead atoms. The summed E-state index contributed by atoms with van der Waals surface area (Å²) in [6, 6.07) is 3.42. The van der Waals surface area contributed by atoms with E-state index in [9.17, 15) is 0 Å². The maximum absolute atomic E-state index is 5.93. The second kappa shape index (κ2) is 5.98. The zero-order valence-electron chi connectivity index (χ0n) is 10.9. The number of thiophene rings is 1. The largest absolute Gasteiger partial charge is 0.330 e. The quantitative estimate of drug-likeness (QED) is 0.891. The molecular formula is C14H24N2S. The molecule has 17 heavy (non-hydrogen) atoms. The van der Waals surface area contributed by atoms with Crippen LogP contribution in [0.5, 0.6) is 0 Å². The lowest BCUT2D eigenvalue weighted by atomic mass is 9.83. The van der Waals surface area contributed by atoms with E-state index >= 15 is 0 Å². The van der Waals surface area contributed by atoms with Crippen LogP contribution in [0.2, 0.25) is 0 Å². The van der Waals surface area contributed by atoms with Crippen molar-refractivity contribution in [1.82, 2.24) is 4.90 Å². The summed E-state index contributed by atoms with van der Waals surface area (Å²) in [4.78, 5) is 2.54. The minimum Gasteiger partial charge on any atom is -0.330 e. The molecule has 1 fully saturated rings. The van der Waals surface area contributed by atoms with Crippen LogP contribution in [-0.4, -0.2) is 24.5 Å². The lowest BCUT2D eigenvalue weighted by Gasteiger charge is -2.40. The SMILES string of the molecule is CC(c1ccsc1)N(C)C1CCCCC1CN. The average Bonchev–Trinajstić information content (AvgIpc) is 2.90. The molecule has 1 aromatic rings. The first-order valence-electron chi connectivity index (χ1n) is 6.68. The Kier molecular flexibility index (Phi) is 4.60. The second-order valence-electron chi connectivity index (χ2n) is 5.25. The molecule has 2 nitrogen and oxygen atoms in total. The summed E-state index contributed by atoms with van der Waals surface area (Å²) in [6.07, 6.45) is 5.34. The number of hydrogen-bond donors (Lipinski definition) is 1. The van der Waals surface area contributed by atoms with Crippen LogP contribution in [0.15, 0.2) is 16.8 Å². The van der Waals surface area contributed by atoms with E-state index in [1.807, 2.05) is 0 Å². The Labute approximate surface area is 109 Å². The highest BCUT2D eigenvalue weighted by Crippen LogP contribution is 2.32. The summed E-state index contributed by atoms with van der Waals surface area (Å²) < 4.78 is 0. The van der Waals surface area contributed by atoms with Gasteiger partial charge in [-0.25, -0.2) is 0 Å². The van der Waals surface area contributed by atoms with Gasteiger partial charge in [0.1, 0.15) is 0 Å². The molecule has 1 aromatic heterocycles. The summed E-state index contributed by atoms with van der Waals surface area (Å²) in [7, 11) is 2.26. The van der Waals surface area contributed by atoms with Gasteiger partial charge in [-0.1, -0.05) is 12.8 Å². The fourth-order valence-electron chi connectivity index (χ4n) is 3.03. The zero-order valence-corrected chi connectivity index (χ0v) is 11.7. The number of nitrogens with two attached hydrogens (primary N) is 1. The molecule has 3 atom stereocenters. The molecule has 0 saturated heterocycles. The summed E-state index contributed by atoms with van der Waals surface area (Å²) in [5.41, 5.74) is 7.37. The maximum atomic E-state index is 5.93. The van der Waals surface area contributed by atoms with Gasteiger partial charge in [-0.2, -0.15) is 11.3 Å². The monoisotopic (exact) mass is 252 g/mol. The molecule has 3 heteroatoms. The number of rotatable bonds is 4. The Hall–Kier alpha value is -0.380. The molecule has 0 aliphatic heterocycles. The van der Waals surface area contributed by atoms with Crippen molar-refractivity contribution in [3.8, 4) is 0 Å². The molecule has 2 rings (SSSR count). The van der Waals surface area contributed by atoms with Crippen LogP contribution in [0.4, 0.5) is 0 Å². The third-order valence-corrected chi connectivity index (χ3v) is 5.03. The lowest BCUT2D eigenvalue weighted by Crippen LogP contribution is -2.44. The van der Waals surface area contributed by atoms with E-state index in [4.69, 9.17) is 5.73 Å². The maximum Gasteiger partial charge on any atom is 0.0328 e. The Morgan fingerprint density at radius 2 is 2.24 bits per heavy atom. The van der Waals surface area contributed by atoms with Gasteiger partial charge in [0, 0.05) is 12.1 Å². The molecule has 2 N–H and O–H groups in total. The first-order valence-corrected chi connectivity index (χ1v) is 7.62. The van der Waals surface area contributed by atoms with Gasteiger partial charge in [0.05, 0.1) is 0 Å².